The Labute approximate surface area is 118 Å². The Bertz CT molecular complexity index is 276. The van der Waals surface area contributed by atoms with Gasteiger partial charge in [0.25, 0.3) is 0 Å². The average molecular weight is 269 g/mol. The van der Waals surface area contributed by atoms with E-state index in [-0.39, 0.29) is 5.92 Å². The van der Waals surface area contributed by atoms with Gasteiger partial charge in [-0.1, -0.05) is 40.5 Å². The molecule has 3 unspecified atom stereocenters. The van der Waals surface area contributed by atoms with Gasteiger partial charge >= 0.3 is 5.97 Å². The van der Waals surface area contributed by atoms with Gasteiger partial charge in [0.05, 0.1) is 5.92 Å². The topological polar surface area (TPSA) is 49.3 Å². The van der Waals surface area contributed by atoms with Crippen LogP contribution >= 0.6 is 0 Å². The van der Waals surface area contributed by atoms with Crippen molar-refractivity contribution in [3.8, 4) is 0 Å². The molecule has 1 fully saturated rings. The number of carboxylic acid groups (broad SMARTS) is 1. The summed E-state index contributed by atoms with van der Waals surface area (Å²) in [6.07, 6.45) is 5.80. The molecule has 112 valence electrons. The minimum Gasteiger partial charge on any atom is -0.481 e. The lowest BCUT2D eigenvalue weighted by Gasteiger charge is -2.33. The van der Waals surface area contributed by atoms with Crippen molar-refractivity contribution in [3.05, 3.63) is 0 Å². The Hall–Kier alpha value is -0.570. The molecule has 0 spiro atoms. The molecule has 3 heteroatoms. The molecule has 0 heterocycles. The molecule has 2 N–H and O–H groups in total. The molecule has 0 aromatic heterocycles. The quantitative estimate of drug-likeness (QED) is 0.743. The summed E-state index contributed by atoms with van der Waals surface area (Å²) in [6, 6.07) is 0.523. The highest BCUT2D eigenvalue weighted by Gasteiger charge is 2.26. The molecular formula is C16H31NO2. The van der Waals surface area contributed by atoms with Crippen LogP contribution in [0.15, 0.2) is 0 Å². The summed E-state index contributed by atoms with van der Waals surface area (Å²) >= 11 is 0. The number of nitrogens with one attached hydrogen (secondary N) is 1. The van der Waals surface area contributed by atoms with E-state index in [1.807, 2.05) is 0 Å². The molecule has 19 heavy (non-hydrogen) atoms. The van der Waals surface area contributed by atoms with E-state index in [1.165, 1.54) is 25.7 Å². The summed E-state index contributed by atoms with van der Waals surface area (Å²) in [6.45, 7) is 9.40. The van der Waals surface area contributed by atoms with E-state index in [0.29, 0.717) is 18.5 Å². The summed E-state index contributed by atoms with van der Waals surface area (Å²) < 4.78 is 0. The first kappa shape index (κ1) is 16.5. The molecule has 0 aliphatic heterocycles. The molecule has 3 atom stereocenters. The molecule has 0 aromatic rings. The first-order valence-corrected chi connectivity index (χ1v) is 7.86. The van der Waals surface area contributed by atoms with Gasteiger partial charge in [-0.25, -0.2) is 0 Å². The number of carboxylic acids is 1. The van der Waals surface area contributed by atoms with Crippen LogP contribution in [0.5, 0.6) is 0 Å². The zero-order chi connectivity index (χ0) is 14.4. The molecule has 0 aromatic carbocycles. The molecule has 1 rings (SSSR count). The van der Waals surface area contributed by atoms with Crippen LogP contribution in [0, 0.1) is 23.7 Å². The maximum atomic E-state index is 11.2. The van der Waals surface area contributed by atoms with E-state index in [1.54, 1.807) is 0 Å². The smallest absolute Gasteiger partial charge is 0.307 e. The lowest BCUT2D eigenvalue weighted by atomic mass is 9.79. The average Bonchev–Trinajstić information content (AvgIpc) is 2.34. The van der Waals surface area contributed by atoms with Crippen LogP contribution in [0.1, 0.15) is 59.8 Å². The third-order valence-corrected chi connectivity index (χ3v) is 4.42. The Kier molecular flexibility index (Phi) is 6.84. The summed E-state index contributed by atoms with van der Waals surface area (Å²) in [5.41, 5.74) is 0. The first-order chi connectivity index (χ1) is 8.90. The molecule has 0 amide bonds. The monoisotopic (exact) mass is 269 g/mol. The molecule has 1 aliphatic carbocycles. The van der Waals surface area contributed by atoms with E-state index in [9.17, 15) is 9.90 Å². The Morgan fingerprint density at radius 2 is 1.95 bits per heavy atom. The van der Waals surface area contributed by atoms with Gasteiger partial charge in [-0.05, 0) is 37.0 Å². The van der Waals surface area contributed by atoms with Crippen molar-refractivity contribution in [1.29, 1.82) is 0 Å². The van der Waals surface area contributed by atoms with E-state index in [2.05, 4.69) is 33.0 Å². The molecule has 0 radical (unpaired) electrons. The van der Waals surface area contributed by atoms with Crippen LogP contribution in [0.3, 0.4) is 0 Å². The Balaban J connectivity index is 2.39. The van der Waals surface area contributed by atoms with Gasteiger partial charge < -0.3 is 10.4 Å². The highest BCUT2D eigenvalue weighted by Crippen LogP contribution is 2.30. The van der Waals surface area contributed by atoms with Crippen LogP contribution in [-0.2, 0) is 4.79 Å². The standard InChI is InChI=1S/C16H31NO2/c1-11(2)8-14(16(18)19)10-17-15-7-5-6-13(9-15)12(3)4/h11-15,17H,5-10H2,1-4H3,(H,18,19). The highest BCUT2D eigenvalue weighted by atomic mass is 16.4. The predicted octanol–water partition coefficient (Wildman–Crippen LogP) is 3.54. The molecular weight excluding hydrogens is 238 g/mol. The zero-order valence-electron chi connectivity index (χ0n) is 13.0. The zero-order valence-corrected chi connectivity index (χ0v) is 13.0. The number of hydrogen-bond acceptors (Lipinski definition) is 2. The van der Waals surface area contributed by atoms with E-state index in [0.717, 1.165) is 18.3 Å². The molecule has 1 aliphatic rings. The predicted molar refractivity (Wildman–Crippen MR) is 79.2 cm³/mol. The first-order valence-electron chi connectivity index (χ1n) is 7.86. The van der Waals surface area contributed by atoms with Crippen molar-refractivity contribution in [1.82, 2.24) is 5.32 Å². The van der Waals surface area contributed by atoms with Crippen LogP contribution in [0.2, 0.25) is 0 Å². The van der Waals surface area contributed by atoms with Crippen molar-refractivity contribution in [2.45, 2.75) is 65.8 Å². The maximum absolute atomic E-state index is 11.2. The minimum atomic E-state index is -0.655. The van der Waals surface area contributed by atoms with Crippen molar-refractivity contribution in [2.75, 3.05) is 6.54 Å². The van der Waals surface area contributed by atoms with Gasteiger partial charge in [-0.3, -0.25) is 4.79 Å². The van der Waals surface area contributed by atoms with Crippen LogP contribution in [0.4, 0.5) is 0 Å². The van der Waals surface area contributed by atoms with E-state index in [4.69, 9.17) is 0 Å². The van der Waals surface area contributed by atoms with Crippen LogP contribution < -0.4 is 5.32 Å². The van der Waals surface area contributed by atoms with Crippen molar-refractivity contribution < 1.29 is 9.90 Å². The second kappa shape index (κ2) is 7.88. The van der Waals surface area contributed by atoms with Crippen molar-refractivity contribution in [2.24, 2.45) is 23.7 Å². The van der Waals surface area contributed by atoms with Gasteiger partial charge in [0.15, 0.2) is 0 Å². The van der Waals surface area contributed by atoms with Gasteiger partial charge in [-0.15, -0.1) is 0 Å². The fourth-order valence-electron chi connectivity index (χ4n) is 3.17. The summed E-state index contributed by atoms with van der Waals surface area (Å²) in [5, 5.41) is 12.8. The van der Waals surface area contributed by atoms with Crippen LogP contribution in [-0.4, -0.2) is 23.7 Å². The second-order valence-corrected chi connectivity index (χ2v) is 6.94. The summed E-state index contributed by atoms with van der Waals surface area (Å²) in [4.78, 5) is 11.2. The van der Waals surface area contributed by atoms with E-state index >= 15 is 0 Å². The number of hydrogen-bond donors (Lipinski definition) is 2. The number of carbonyl (C=O) groups is 1. The molecule has 1 saturated carbocycles. The van der Waals surface area contributed by atoms with Gasteiger partial charge in [0.1, 0.15) is 0 Å². The molecule has 0 bridgehead atoms. The number of aliphatic carboxylic acids is 1. The van der Waals surface area contributed by atoms with Crippen molar-refractivity contribution in [3.63, 3.8) is 0 Å². The maximum Gasteiger partial charge on any atom is 0.307 e. The summed E-state index contributed by atoms with van der Waals surface area (Å²) in [5.74, 6) is 1.10. The van der Waals surface area contributed by atoms with Gasteiger partial charge in [0, 0.05) is 12.6 Å². The second-order valence-electron chi connectivity index (χ2n) is 6.94. The van der Waals surface area contributed by atoms with Crippen molar-refractivity contribution >= 4 is 5.97 Å². The fraction of sp³-hybridized carbons (Fsp3) is 0.938. The molecule has 0 saturated heterocycles. The van der Waals surface area contributed by atoms with Gasteiger partial charge in [0.2, 0.25) is 0 Å². The van der Waals surface area contributed by atoms with E-state index < -0.39 is 5.97 Å². The van der Waals surface area contributed by atoms with Crippen LogP contribution in [0.25, 0.3) is 0 Å². The highest BCUT2D eigenvalue weighted by molar-refractivity contribution is 5.70. The lowest BCUT2D eigenvalue weighted by Crippen LogP contribution is -2.40. The minimum absolute atomic E-state index is 0.237. The molecule has 3 nitrogen and oxygen atoms in total. The largest absolute Gasteiger partial charge is 0.481 e. The third kappa shape index (κ3) is 5.94. The number of rotatable bonds is 7. The summed E-state index contributed by atoms with van der Waals surface area (Å²) in [7, 11) is 0. The fourth-order valence-corrected chi connectivity index (χ4v) is 3.17. The normalized spacial score (nSPS) is 25.8. The third-order valence-electron chi connectivity index (χ3n) is 4.42. The Morgan fingerprint density at radius 1 is 1.26 bits per heavy atom. The van der Waals surface area contributed by atoms with Gasteiger partial charge in [-0.2, -0.15) is 0 Å². The SMILES string of the molecule is CC(C)CC(CNC1CCCC(C(C)C)C1)C(=O)O. The Morgan fingerprint density at radius 3 is 2.47 bits per heavy atom. The lowest BCUT2D eigenvalue weighted by molar-refractivity contribution is -0.142.